The van der Waals surface area contributed by atoms with E-state index in [2.05, 4.69) is 31.9 Å². The molecule has 0 aliphatic rings. The molecule has 0 radical (unpaired) electrons. The van der Waals surface area contributed by atoms with Crippen LogP contribution in [0.5, 0.6) is 0 Å². The van der Waals surface area contributed by atoms with Gasteiger partial charge in [0, 0.05) is 16.1 Å². The molecule has 0 fully saturated rings. The predicted molar refractivity (Wildman–Crippen MR) is 74.0 cm³/mol. The van der Waals surface area contributed by atoms with E-state index in [0.29, 0.717) is 10.6 Å². The quantitative estimate of drug-likeness (QED) is 0.388. The third-order valence-electron chi connectivity index (χ3n) is 1.59. The van der Waals surface area contributed by atoms with Gasteiger partial charge in [-0.3, -0.25) is 4.79 Å². The Kier molecular flexibility index (Phi) is 7.88. The molecule has 0 aromatic heterocycles. The van der Waals surface area contributed by atoms with Gasteiger partial charge in [-0.15, -0.1) is 0 Å². The van der Waals surface area contributed by atoms with Gasteiger partial charge >= 0.3 is 0 Å². The fourth-order valence-corrected chi connectivity index (χ4v) is 1.56. The highest BCUT2D eigenvalue weighted by molar-refractivity contribution is 9.25. The van der Waals surface area contributed by atoms with E-state index in [9.17, 15) is 4.79 Å². The van der Waals surface area contributed by atoms with Crippen LogP contribution >= 0.6 is 55.1 Å². The zero-order valence-electron chi connectivity index (χ0n) is 8.23. The summed E-state index contributed by atoms with van der Waals surface area (Å²) >= 11 is 17.6. The molecule has 0 N–H and O–H groups in total. The molecule has 0 aromatic carbocycles. The number of alkyl halides is 2. The second kappa shape index (κ2) is 7.66. The molecule has 0 rings (SSSR count). The number of allylic oxidation sites excluding steroid dienone is 5. The summed E-state index contributed by atoms with van der Waals surface area (Å²) in [6.07, 6.45) is 3.38. The summed E-state index contributed by atoms with van der Waals surface area (Å²) in [5, 5.41) is 0.404. The van der Waals surface area contributed by atoms with E-state index in [1.54, 1.807) is 19.1 Å². The maximum atomic E-state index is 11.5. The lowest BCUT2D eigenvalue weighted by Gasteiger charge is -2.02. The molecule has 15 heavy (non-hydrogen) atoms. The first-order valence-corrected chi connectivity index (χ1v) is 6.68. The average Bonchev–Trinajstić information content (AvgIpc) is 2.22. The summed E-state index contributed by atoms with van der Waals surface area (Å²) in [6, 6.07) is 0. The molecule has 0 bridgehead atoms. The van der Waals surface area contributed by atoms with Gasteiger partial charge in [-0.1, -0.05) is 61.1 Å². The molecule has 0 aliphatic carbocycles. The first-order valence-electron chi connectivity index (χ1n) is 4.04. The Hall–Kier alpha value is 0.430. The minimum Gasteiger partial charge on any atom is -0.292 e. The lowest BCUT2D eigenvalue weighted by Crippen LogP contribution is -2.08. The molecular weight excluding hydrogens is 367 g/mol. The van der Waals surface area contributed by atoms with Crippen molar-refractivity contribution in [2.24, 2.45) is 0 Å². The molecule has 0 aromatic rings. The number of carbonyl (C=O) groups excluding carboxylic acids is 1. The van der Waals surface area contributed by atoms with Crippen LogP contribution in [0.1, 0.15) is 13.8 Å². The van der Waals surface area contributed by atoms with Crippen LogP contribution in [0, 0.1) is 0 Å². The monoisotopic (exact) mass is 374 g/mol. The van der Waals surface area contributed by atoms with Crippen molar-refractivity contribution in [3.05, 3.63) is 33.9 Å². The Bertz CT molecular complexity index is 330. The Morgan fingerprint density at radius 2 is 1.80 bits per heavy atom. The van der Waals surface area contributed by atoms with Gasteiger partial charge in [0.15, 0.2) is 5.78 Å². The van der Waals surface area contributed by atoms with Gasteiger partial charge in [0.25, 0.3) is 0 Å². The van der Waals surface area contributed by atoms with Gasteiger partial charge in [0.1, 0.15) is 3.74 Å². The van der Waals surface area contributed by atoms with E-state index in [1.807, 2.05) is 6.92 Å². The summed E-state index contributed by atoms with van der Waals surface area (Å²) in [4.78, 5) is 11.5. The highest BCUT2D eigenvalue weighted by Crippen LogP contribution is 2.20. The highest BCUT2D eigenvalue weighted by Gasteiger charge is 2.14. The van der Waals surface area contributed by atoms with E-state index in [-0.39, 0.29) is 5.78 Å². The molecule has 84 valence electrons. The second-order valence-corrected chi connectivity index (χ2v) is 6.51. The summed E-state index contributed by atoms with van der Waals surface area (Å²) in [5.74, 6) is -0.0999. The number of ketones is 1. The Morgan fingerprint density at radius 1 is 1.27 bits per heavy atom. The zero-order chi connectivity index (χ0) is 12.0. The number of hydrogen-bond acceptors (Lipinski definition) is 1. The Balaban J connectivity index is 4.81. The maximum absolute atomic E-state index is 11.5. The van der Waals surface area contributed by atoms with Crippen molar-refractivity contribution in [2.45, 2.75) is 17.6 Å². The normalized spacial score (nSPS) is 14.7. The Labute approximate surface area is 116 Å². The summed E-state index contributed by atoms with van der Waals surface area (Å²) in [5.41, 5.74) is 2.80. The molecule has 0 amide bonds. The van der Waals surface area contributed by atoms with Gasteiger partial charge in [-0.05, 0) is 25.5 Å². The highest BCUT2D eigenvalue weighted by atomic mass is 79.9. The van der Waals surface area contributed by atoms with Crippen LogP contribution in [-0.2, 0) is 4.79 Å². The van der Waals surface area contributed by atoms with E-state index < -0.39 is 3.74 Å². The fourth-order valence-electron chi connectivity index (χ4n) is 0.647. The lowest BCUT2D eigenvalue weighted by molar-refractivity contribution is -0.113. The van der Waals surface area contributed by atoms with Gasteiger partial charge < -0.3 is 0 Å². The first kappa shape index (κ1) is 15.4. The van der Waals surface area contributed by atoms with Crippen molar-refractivity contribution in [3.63, 3.8) is 0 Å². The van der Waals surface area contributed by atoms with Crippen LogP contribution in [0.25, 0.3) is 0 Å². The molecule has 5 heteroatoms. The topological polar surface area (TPSA) is 17.1 Å². The molecule has 0 saturated heterocycles. The van der Waals surface area contributed by atoms with E-state index in [4.69, 9.17) is 23.2 Å². The van der Waals surface area contributed by atoms with E-state index >= 15 is 0 Å². The maximum Gasteiger partial charge on any atom is 0.184 e. The largest absolute Gasteiger partial charge is 0.292 e. The van der Waals surface area contributed by atoms with Crippen molar-refractivity contribution in [1.82, 2.24) is 0 Å². The third-order valence-corrected chi connectivity index (χ3v) is 3.18. The molecule has 0 aliphatic heterocycles. The van der Waals surface area contributed by atoms with Crippen LogP contribution < -0.4 is 0 Å². The number of rotatable bonds is 4. The molecule has 0 spiro atoms. The smallest absolute Gasteiger partial charge is 0.184 e. The molecular formula is C10H10Br2Cl2O. The van der Waals surface area contributed by atoms with Gasteiger partial charge in [0.05, 0.1) is 0 Å². The standard InChI is InChI=1S/C10H10Br2Cl2O/c1-6(5-13)3-4-8(14)7(2)9(15)10(11)12/h3-5,10H,1-2H3/b4-3+,6-5-,8-7-. The van der Waals surface area contributed by atoms with Crippen molar-refractivity contribution >= 4 is 60.8 Å². The molecule has 0 saturated carbocycles. The summed E-state index contributed by atoms with van der Waals surface area (Å²) < 4.78 is -0.406. The van der Waals surface area contributed by atoms with Crippen LogP contribution in [-0.4, -0.2) is 9.52 Å². The third kappa shape index (κ3) is 5.91. The van der Waals surface area contributed by atoms with E-state index in [1.165, 1.54) is 5.54 Å². The zero-order valence-corrected chi connectivity index (χ0v) is 12.9. The van der Waals surface area contributed by atoms with Crippen LogP contribution in [0.2, 0.25) is 0 Å². The minimum atomic E-state index is -0.406. The molecule has 0 heterocycles. The number of hydrogen-bond donors (Lipinski definition) is 0. The van der Waals surface area contributed by atoms with Crippen molar-refractivity contribution < 1.29 is 4.79 Å². The van der Waals surface area contributed by atoms with Crippen molar-refractivity contribution in [1.29, 1.82) is 0 Å². The molecule has 0 unspecified atom stereocenters. The summed E-state index contributed by atoms with van der Waals surface area (Å²) in [7, 11) is 0. The van der Waals surface area contributed by atoms with Crippen molar-refractivity contribution in [2.75, 3.05) is 0 Å². The number of halogens is 4. The van der Waals surface area contributed by atoms with Crippen LogP contribution in [0.15, 0.2) is 33.9 Å². The second-order valence-electron chi connectivity index (χ2n) is 2.82. The SMILES string of the molecule is CC(=C/Cl)/C=C/C(Cl)=C(\C)C(=O)C(Br)Br. The average molecular weight is 377 g/mol. The van der Waals surface area contributed by atoms with Gasteiger partial charge in [-0.2, -0.15) is 0 Å². The van der Waals surface area contributed by atoms with Gasteiger partial charge in [0.2, 0.25) is 0 Å². The van der Waals surface area contributed by atoms with Gasteiger partial charge in [-0.25, -0.2) is 0 Å². The number of carbonyl (C=O) groups is 1. The molecule has 1 nitrogen and oxygen atoms in total. The molecule has 0 atom stereocenters. The number of Topliss-reactive ketones (excluding diaryl/α,β-unsaturated/α-hetero) is 1. The lowest BCUT2D eigenvalue weighted by atomic mass is 10.2. The van der Waals surface area contributed by atoms with Crippen LogP contribution in [0.4, 0.5) is 0 Å². The van der Waals surface area contributed by atoms with Crippen LogP contribution in [0.3, 0.4) is 0 Å². The Morgan fingerprint density at radius 3 is 2.20 bits per heavy atom. The fraction of sp³-hybridized carbons (Fsp3) is 0.300. The van der Waals surface area contributed by atoms with E-state index in [0.717, 1.165) is 5.57 Å². The predicted octanol–water partition coefficient (Wildman–Crippen LogP) is 4.88. The summed E-state index contributed by atoms with van der Waals surface area (Å²) in [6.45, 7) is 3.51. The van der Waals surface area contributed by atoms with Crippen molar-refractivity contribution in [3.8, 4) is 0 Å². The first-order chi connectivity index (χ1) is 6.90. The minimum absolute atomic E-state index is 0.0999.